The lowest BCUT2D eigenvalue weighted by Crippen LogP contribution is -1.96. The number of hydrogen-bond donors (Lipinski definition) is 0. The monoisotopic (exact) mass is 282 g/mol. The summed E-state index contributed by atoms with van der Waals surface area (Å²) in [6, 6.07) is 14.1. The van der Waals surface area contributed by atoms with Gasteiger partial charge in [-0.2, -0.15) is 0 Å². The predicted octanol–water partition coefficient (Wildman–Crippen LogP) is 4.66. The van der Waals surface area contributed by atoms with Gasteiger partial charge in [0.15, 0.2) is 11.6 Å². The molecule has 21 heavy (non-hydrogen) atoms. The number of ketones is 2. The van der Waals surface area contributed by atoms with Crippen molar-refractivity contribution < 1.29 is 14.3 Å². The maximum atomic E-state index is 11.5. The number of benzene rings is 2. The standard InChI is InChI=1S/C18H18O3/c1-3-17(19)13-5-9-15(10-6-13)21-16-11-7-14(8-12-16)18(20)4-2/h5-12H,3-4H2,1-2H3. The highest BCUT2D eigenvalue weighted by atomic mass is 16.5. The molecule has 108 valence electrons. The Morgan fingerprint density at radius 1 is 0.714 bits per heavy atom. The van der Waals surface area contributed by atoms with E-state index in [1.165, 1.54) is 0 Å². The molecule has 0 saturated heterocycles. The van der Waals surface area contributed by atoms with Crippen LogP contribution in [0, 0.1) is 0 Å². The summed E-state index contributed by atoms with van der Waals surface area (Å²) < 4.78 is 5.69. The van der Waals surface area contributed by atoms with Gasteiger partial charge in [0.05, 0.1) is 0 Å². The largest absolute Gasteiger partial charge is 0.457 e. The van der Waals surface area contributed by atoms with Crippen LogP contribution < -0.4 is 4.74 Å². The first-order chi connectivity index (χ1) is 10.1. The van der Waals surface area contributed by atoms with Crippen molar-refractivity contribution in [3.63, 3.8) is 0 Å². The Labute approximate surface area is 124 Å². The minimum Gasteiger partial charge on any atom is -0.457 e. The maximum Gasteiger partial charge on any atom is 0.162 e. The number of ether oxygens (including phenoxy) is 1. The minimum absolute atomic E-state index is 0.115. The molecule has 3 nitrogen and oxygen atoms in total. The smallest absolute Gasteiger partial charge is 0.162 e. The summed E-state index contributed by atoms with van der Waals surface area (Å²) in [6.07, 6.45) is 0.986. The van der Waals surface area contributed by atoms with Crippen molar-refractivity contribution in [2.24, 2.45) is 0 Å². The Bertz CT molecular complexity index is 567. The molecule has 0 saturated carbocycles. The van der Waals surface area contributed by atoms with Gasteiger partial charge in [-0.25, -0.2) is 0 Å². The Hall–Kier alpha value is -2.42. The highest BCUT2D eigenvalue weighted by molar-refractivity contribution is 5.96. The second-order valence-electron chi connectivity index (χ2n) is 4.70. The number of rotatable bonds is 6. The fourth-order valence-electron chi connectivity index (χ4n) is 1.96. The lowest BCUT2D eigenvalue weighted by atomic mass is 10.1. The van der Waals surface area contributed by atoms with Gasteiger partial charge in [-0.3, -0.25) is 9.59 Å². The van der Waals surface area contributed by atoms with Gasteiger partial charge in [-0.1, -0.05) is 13.8 Å². The molecule has 0 heterocycles. The molecule has 0 aliphatic carbocycles. The SMILES string of the molecule is CCC(=O)c1ccc(Oc2ccc(C(=O)CC)cc2)cc1. The minimum atomic E-state index is 0.115. The Kier molecular flexibility index (Phi) is 4.88. The number of carbonyl (C=O) groups is 2. The van der Waals surface area contributed by atoms with E-state index >= 15 is 0 Å². The van der Waals surface area contributed by atoms with Crippen LogP contribution in [-0.2, 0) is 0 Å². The number of carbonyl (C=O) groups excluding carboxylic acids is 2. The van der Waals surface area contributed by atoms with Crippen molar-refractivity contribution >= 4 is 11.6 Å². The van der Waals surface area contributed by atoms with Crippen LogP contribution in [-0.4, -0.2) is 11.6 Å². The molecule has 0 atom stereocenters. The second-order valence-corrected chi connectivity index (χ2v) is 4.70. The molecular weight excluding hydrogens is 264 g/mol. The lowest BCUT2D eigenvalue weighted by molar-refractivity contribution is 0.0980. The van der Waals surface area contributed by atoms with Crippen LogP contribution in [0.5, 0.6) is 11.5 Å². The van der Waals surface area contributed by atoms with Crippen molar-refractivity contribution in [3.05, 3.63) is 59.7 Å². The molecule has 3 heteroatoms. The quantitative estimate of drug-likeness (QED) is 0.723. The average Bonchev–Trinajstić information content (AvgIpc) is 2.55. The molecule has 0 N–H and O–H groups in total. The fraction of sp³-hybridized carbons (Fsp3) is 0.222. The van der Waals surface area contributed by atoms with Gasteiger partial charge >= 0.3 is 0 Å². The molecule has 0 aromatic heterocycles. The summed E-state index contributed by atoms with van der Waals surface area (Å²) in [4.78, 5) is 23.1. The molecule has 0 bridgehead atoms. The third-order valence-corrected chi connectivity index (χ3v) is 3.23. The van der Waals surface area contributed by atoms with E-state index in [1.54, 1.807) is 48.5 Å². The van der Waals surface area contributed by atoms with Gasteiger partial charge in [-0.05, 0) is 48.5 Å². The van der Waals surface area contributed by atoms with Gasteiger partial charge in [0.2, 0.25) is 0 Å². The second kappa shape index (κ2) is 6.84. The summed E-state index contributed by atoms with van der Waals surface area (Å²) in [5, 5.41) is 0. The van der Waals surface area contributed by atoms with Gasteiger partial charge in [0, 0.05) is 24.0 Å². The van der Waals surface area contributed by atoms with Crippen molar-refractivity contribution in [2.75, 3.05) is 0 Å². The zero-order chi connectivity index (χ0) is 15.2. The number of hydrogen-bond acceptors (Lipinski definition) is 3. The van der Waals surface area contributed by atoms with Crippen LogP contribution in [0.4, 0.5) is 0 Å². The Morgan fingerprint density at radius 3 is 1.33 bits per heavy atom. The van der Waals surface area contributed by atoms with E-state index in [4.69, 9.17) is 4.74 Å². The highest BCUT2D eigenvalue weighted by Crippen LogP contribution is 2.22. The van der Waals surface area contributed by atoms with Crippen molar-refractivity contribution in [1.82, 2.24) is 0 Å². The zero-order valence-corrected chi connectivity index (χ0v) is 12.3. The summed E-state index contributed by atoms with van der Waals surface area (Å²) >= 11 is 0. The van der Waals surface area contributed by atoms with Crippen LogP contribution >= 0.6 is 0 Å². The number of Topliss-reactive ketones (excluding diaryl/α,β-unsaturated/α-hetero) is 2. The third-order valence-electron chi connectivity index (χ3n) is 3.23. The van der Waals surface area contributed by atoms with Gasteiger partial charge in [0.1, 0.15) is 11.5 Å². The van der Waals surface area contributed by atoms with E-state index < -0.39 is 0 Å². The predicted molar refractivity (Wildman–Crippen MR) is 82.2 cm³/mol. The molecule has 0 aliphatic rings. The molecule has 0 spiro atoms. The topological polar surface area (TPSA) is 43.4 Å². The van der Waals surface area contributed by atoms with Crippen LogP contribution in [0.3, 0.4) is 0 Å². The molecule has 0 amide bonds. The molecule has 0 radical (unpaired) electrons. The summed E-state index contributed by atoms with van der Waals surface area (Å²) in [6.45, 7) is 3.68. The van der Waals surface area contributed by atoms with E-state index in [0.717, 1.165) is 0 Å². The molecule has 0 fully saturated rings. The summed E-state index contributed by atoms with van der Waals surface area (Å²) in [5.41, 5.74) is 1.38. The van der Waals surface area contributed by atoms with E-state index in [1.807, 2.05) is 13.8 Å². The lowest BCUT2D eigenvalue weighted by Gasteiger charge is -2.07. The zero-order valence-electron chi connectivity index (χ0n) is 12.3. The van der Waals surface area contributed by atoms with Gasteiger partial charge < -0.3 is 4.74 Å². The highest BCUT2D eigenvalue weighted by Gasteiger charge is 2.05. The molecule has 2 aromatic carbocycles. The van der Waals surface area contributed by atoms with Crippen molar-refractivity contribution in [2.45, 2.75) is 26.7 Å². The normalized spacial score (nSPS) is 10.2. The Balaban J connectivity index is 2.08. The van der Waals surface area contributed by atoms with E-state index in [2.05, 4.69) is 0 Å². The van der Waals surface area contributed by atoms with E-state index in [-0.39, 0.29) is 11.6 Å². The molecular formula is C18H18O3. The molecule has 2 aromatic rings. The maximum absolute atomic E-state index is 11.5. The van der Waals surface area contributed by atoms with Gasteiger partial charge in [0.25, 0.3) is 0 Å². The van der Waals surface area contributed by atoms with Crippen LogP contribution in [0.1, 0.15) is 47.4 Å². The third kappa shape index (κ3) is 3.78. The van der Waals surface area contributed by atoms with Crippen molar-refractivity contribution in [3.8, 4) is 11.5 Å². The molecule has 0 aliphatic heterocycles. The fourth-order valence-corrected chi connectivity index (χ4v) is 1.96. The average molecular weight is 282 g/mol. The van der Waals surface area contributed by atoms with Gasteiger partial charge in [-0.15, -0.1) is 0 Å². The van der Waals surface area contributed by atoms with E-state index in [9.17, 15) is 9.59 Å². The molecule has 2 rings (SSSR count). The first-order valence-corrected chi connectivity index (χ1v) is 7.08. The van der Waals surface area contributed by atoms with E-state index in [0.29, 0.717) is 35.5 Å². The molecule has 0 unspecified atom stereocenters. The summed E-state index contributed by atoms with van der Waals surface area (Å²) in [5.74, 6) is 1.56. The van der Waals surface area contributed by atoms with Crippen LogP contribution in [0.2, 0.25) is 0 Å². The van der Waals surface area contributed by atoms with Crippen LogP contribution in [0.15, 0.2) is 48.5 Å². The Morgan fingerprint density at radius 2 is 1.05 bits per heavy atom. The van der Waals surface area contributed by atoms with Crippen molar-refractivity contribution in [1.29, 1.82) is 0 Å². The van der Waals surface area contributed by atoms with Crippen LogP contribution in [0.25, 0.3) is 0 Å². The first kappa shape index (κ1) is 15.0. The first-order valence-electron chi connectivity index (χ1n) is 7.08. The summed E-state index contributed by atoms with van der Waals surface area (Å²) in [7, 11) is 0.